The first-order valence-electron chi connectivity index (χ1n) is 4.26. The maximum absolute atomic E-state index is 11.3. The van der Waals surface area contributed by atoms with Crippen molar-refractivity contribution in [3.63, 3.8) is 0 Å². The minimum absolute atomic E-state index is 0.0298. The summed E-state index contributed by atoms with van der Waals surface area (Å²) in [6.45, 7) is 0.103. The van der Waals surface area contributed by atoms with Crippen LogP contribution in [0.1, 0.15) is 0 Å². The van der Waals surface area contributed by atoms with Gasteiger partial charge >= 0.3 is 0 Å². The standard InChI is InChI=1S/C10H11NOS/c11-6-9(12)8-2-1-7-3-4-13-10(7)5-8/h1-5,7,10H,6,11H2. The molecule has 13 heavy (non-hydrogen) atoms. The second-order valence-electron chi connectivity index (χ2n) is 3.12. The first-order chi connectivity index (χ1) is 6.31. The molecule has 1 heterocycles. The van der Waals surface area contributed by atoms with E-state index in [9.17, 15) is 4.79 Å². The van der Waals surface area contributed by atoms with Crippen LogP contribution < -0.4 is 5.73 Å². The first kappa shape index (κ1) is 8.78. The molecular weight excluding hydrogens is 182 g/mol. The van der Waals surface area contributed by atoms with Crippen LogP contribution in [0.5, 0.6) is 0 Å². The van der Waals surface area contributed by atoms with Crippen LogP contribution in [0, 0.1) is 5.92 Å². The summed E-state index contributed by atoms with van der Waals surface area (Å²) in [7, 11) is 0. The van der Waals surface area contributed by atoms with Crippen molar-refractivity contribution in [3.8, 4) is 0 Å². The molecule has 0 spiro atoms. The zero-order valence-electron chi connectivity index (χ0n) is 7.14. The molecule has 2 atom stereocenters. The van der Waals surface area contributed by atoms with Crippen molar-refractivity contribution < 1.29 is 4.79 Å². The van der Waals surface area contributed by atoms with Gasteiger partial charge in [-0.15, -0.1) is 11.8 Å². The lowest BCUT2D eigenvalue weighted by Gasteiger charge is -2.16. The van der Waals surface area contributed by atoms with Gasteiger partial charge in [0.1, 0.15) is 0 Å². The number of thioether (sulfide) groups is 1. The second-order valence-corrected chi connectivity index (χ2v) is 4.20. The molecule has 2 unspecified atom stereocenters. The zero-order valence-corrected chi connectivity index (χ0v) is 7.96. The van der Waals surface area contributed by atoms with Gasteiger partial charge in [0, 0.05) is 16.7 Å². The summed E-state index contributed by atoms with van der Waals surface area (Å²) >= 11 is 1.76. The fourth-order valence-electron chi connectivity index (χ4n) is 1.50. The fraction of sp³-hybridized carbons (Fsp3) is 0.300. The number of fused-ring (bicyclic) bond motifs is 1. The van der Waals surface area contributed by atoms with Gasteiger partial charge < -0.3 is 5.73 Å². The topological polar surface area (TPSA) is 43.1 Å². The van der Waals surface area contributed by atoms with Crippen LogP contribution in [0.25, 0.3) is 0 Å². The zero-order chi connectivity index (χ0) is 9.26. The van der Waals surface area contributed by atoms with Crippen molar-refractivity contribution in [3.05, 3.63) is 35.3 Å². The Labute approximate surface area is 81.6 Å². The molecule has 2 nitrogen and oxygen atoms in total. The van der Waals surface area contributed by atoms with Gasteiger partial charge in [-0.05, 0) is 5.41 Å². The summed E-state index contributed by atoms with van der Waals surface area (Å²) < 4.78 is 0. The Morgan fingerprint density at radius 3 is 3.15 bits per heavy atom. The summed E-state index contributed by atoms with van der Waals surface area (Å²) in [5, 5.41) is 2.50. The molecule has 1 aliphatic carbocycles. The lowest BCUT2D eigenvalue weighted by Crippen LogP contribution is -2.19. The molecule has 0 bridgehead atoms. The molecule has 0 aromatic heterocycles. The highest BCUT2D eigenvalue weighted by Gasteiger charge is 2.23. The number of hydrogen-bond acceptors (Lipinski definition) is 3. The molecule has 2 rings (SSSR count). The van der Waals surface area contributed by atoms with Gasteiger partial charge in [0.15, 0.2) is 5.78 Å². The van der Waals surface area contributed by atoms with Crippen molar-refractivity contribution >= 4 is 17.5 Å². The van der Waals surface area contributed by atoms with Crippen LogP contribution >= 0.6 is 11.8 Å². The van der Waals surface area contributed by atoms with Gasteiger partial charge in [-0.2, -0.15) is 0 Å². The quantitative estimate of drug-likeness (QED) is 0.718. The average Bonchev–Trinajstić information content (AvgIpc) is 2.63. The van der Waals surface area contributed by atoms with Gasteiger partial charge in [-0.1, -0.05) is 24.3 Å². The molecule has 0 aromatic rings. The van der Waals surface area contributed by atoms with Crippen molar-refractivity contribution in [2.45, 2.75) is 5.25 Å². The van der Waals surface area contributed by atoms with E-state index in [1.165, 1.54) is 0 Å². The molecule has 0 saturated heterocycles. The first-order valence-corrected chi connectivity index (χ1v) is 5.21. The number of allylic oxidation sites excluding steroid dienone is 3. The Hall–Kier alpha value is -0.800. The molecule has 3 heteroatoms. The lowest BCUT2D eigenvalue weighted by molar-refractivity contribution is -0.114. The van der Waals surface area contributed by atoms with E-state index in [0.29, 0.717) is 11.2 Å². The van der Waals surface area contributed by atoms with Gasteiger partial charge in [0.05, 0.1) is 6.54 Å². The van der Waals surface area contributed by atoms with Gasteiger partial charge in [-0.25, -0.2) is 0 Å². The highest BCUT2D eigenvalue weighted by molar-refractivity contribution is 8.03. The molecule has 0 amide bonds. The Morgan fingerprint density at radius 1 is 1.54 bits per heavy atom. The second kappa shape index (κ2) is 3.52. The number of carbonyl (C=O) groups excluding carboxylic acids is 1. The number of Topliss-reactive ketones (excluding diaryl/α,β-unsaturated/α-hetero) is 1. The molecule has 1 aliphatic heterocycles. The SMILES string of the molecule is NCC(=O)C1=CC2SC=CC2C=C1. The van der Waals surface area contributed by atoms with Crippen LogP contribution in [0.15, 0.2) is 35.3 Å². The molecule has 2 N–H and O–H groups in total. The fourth-order valence-corrected chi connectivity index (χ4v) is 2.54. The van der Waals surface area contributed by atoms with Gasteiger partial charge in [-0.3, -0.25) is 4.79 Å². The third kappa shape index (κ3) is 1.62. The van der Waals surface area contributed by atoms with Gasteiger partial charge in [0.25, 0.3) is 0 Å². The summed E-state index contributed by atoms with van der Waals surface area (Å²) in [5.41, 5.74) is 6.06. The average molecular weight is 193 g/mol. The summed E-state index contributed by atoms with van der Waals surface area (Å²) in [6, 6.07) is 0. The molecule has 68 valence electrons. The highest BCUT2D eigenvalue weighted by atomic mass is 32.2. The number of carbonyl (C=O) groups is 1. The van der Waals surface area contributed by atoms with E-state index < -0.39 is 0 Å². The third-order valence-corrected chi connectivity index (χ3v) is 3.34. The van der Waals surface area contributed by atoms with E-state index in [1.54, 1.807) is 11.8 Å². The molecule has 0 saturated carbocycles. The summed E-state index contributed by atoms with van der Waals surface area (Å²) in [5.74, 6) is 0.501. The van der Waals surface area contributed by atoms with E-state index in [2.05, 4.69) is 17.6 Å². The minimum atomic E-state index is 0.0298. The third-order valence-electron chi connectivity index (χ3n) is 2.27. The molecular formula is C10H11NOS. The maximum atomic E-state index is 11.3. The Morgan fingerprint density at radius 2 is 2.38 bits per heavy atom. The number of rotatable bonds is 2. The van der Waals surface area contributed by atoms with E-state index in [1.807, 2.05) is 12.2 Å². The number of nitrogens with two attached hydrogens (primary N) is 1. The predicted molar refractivity (Wildman–Crippen MR) is 55.3 cm³/mol. The van der Waals surface area contributed by atoms with Crippen molar-refractivity contribution in [1.29, 1.82) is 0 Å². The summed E-state index contributed by atoms with van der Waals surface area (Å²) in [6.07, 6.45) is 8.13. The van der Waals surface area contributed by atoms with E-state index in [-0.39, 0.29) is 12.3 Å². The predicted octanol–water partition coefficient (Wildman–Crippen LogP) is 1.26. The van der Waals surface area contributed by atoms with E-state index in [4.69, 9.17) is 5.73 Å². The van der Waals surface area contributed by atoms with Crippen LogP contribution in [0.3, 0.4) is 0 Å². The largest absolute Gasteiger partial charge is 0.324 e. The maximum Gasteiger partial charge on any atom is 0.176 e. The Balaban J connectivity index is 2.17. The molecule has 0 radical (unpaired) electrons. The minimum Gasteiger partial charge on any atom is -0.324 e. The van der Waals surface area contributed by atoms with Crippen LogP contribution in [-0.2, 0) is 4.79 Å². The van der Waals surface area contributed by atoms with Crippen molar-refractivity contribution in [2.24, 2.45) is 11.7 Å². The van der Waals surface area contributed by atoms with Crippen LogP contribution in [-0.4, -0.2) is 17.6 Å². The molecule has 0 aromatic carbocycles. The smallest absolute Gasteiger partial charge is 0.176 e. The van der Waals surface area contributed by atoms with E-state index in [0.717, 1.165) is 5.57 Å². The lowest BCUT2D eigenvalue weighted by atomic mass is 9.95. The summed E-state index contributed by atoms with van der Waals surface area (Å²) in [4.78, 5) is 11.3. The monoisotopic (exact) mass is 193 g/mol. The number of hydrogen-bond donors (Lipinski definition) is 1. The van der Waals surface area contributed by atoms with Crippen molar-refractivity contribution in [1.82, 2.24) is 0 Å². The Bertz CT molecular complexity index is 317. The highest BCUT2D eigenvalue weighted by Crippen LogP contribution is 2.35. The van der Waals surface area contributed by atoms with Crippen LogP contribution in [0.2, 0.25) is 0 Å². The molecule has 0 fully saturated rings. The van der Waals surface area contributed by atoms with Crippen molar-refractivity contribution in [2.75, 3.05) is 6.54 Å². The van der Waals surface area contributed by atoms with Crippen LogP contribution in [0.4, 0.5) is 0 Å². The van der Waals surface area contributed by atoms with Gasteiger partial charge in [0.2, 0.25) is 0 Å². The Kier molecular flexibility index (Phi) is 2.38. The van der Waals surface area contributed by atoms with E-state index >= 15 is 0 Å². The normalized spacial score (nSPS) is 30.1. The number of ketones is 1. The molecule has 2 aliphatic rings.